The van der Waals surface area contributed by atoms with Gasteiger partial charge in [0, 0.05) is 32.6 Å². The molecule has 0 aliphatic heterocycles. The second-order valence-corrected chi connectivity index (χ2v) is 6.30. The molecule has 0 aliphatic rings. The summed E-state index contributed by atoms with van der Waals surface area (Å²) in [6, 6.07) is 8.29. The Labute approximate surface area is 158 Å². The van der Waals surface area contributed by atoms with Crippen molar-refractivity contribution in [1.82, 2.24) is 15.5 Å². The Hall–Kier alpha value is -2.24. The Bertz CT molecular complexity index is 557. The lowest BCUT2D eigenvalue weighted by Gasteiger charge is -2.22. The van der Waals surface area contributed by atoms with Crippen LogP contribution in [0.2, 0.25) is 0 Å². The third-order valence-electron chi connectivity index (χ3n) is 3.97. The van der Waals surface area contributed by atoms with Crippen molar-refractivity contribution in [2.45, 2.75) is 53.1 Å². The van der Waals surface area contributed by atoms with Gasteiger partial charge in [0.2, 0.25) is 5.91 Å². The average molecular weight is 363 g/mol. The number of rotatable bonds is 10. The minimum Gasteiger partial charge on any atom is -0.494 e. The Morgan fingerprint density at radius 1 is 1.23 bits per heavy atom. The standard InChI is InChI=1S/C20H34N4O2/c1-6-16(4)23-19(25)13-14-22-20(21-7-2)24(5)15-17-9-11-18(12-10-17)26-8-3/h9-12,16H,6-8,13-15H2,1-5H3,(H,21,22)(H,23,25). The molecule has 2 N–H and O–H groups in total. The van der Waals surface area contributed by atoms with Gasteiger partial charge in [-0.2, -0.15) is 0 Å². The van der Waals surface area contributed by atoms with Crippen molar-refractivity contribution in [3.63, 3.8) is 0 Å². The fraction of sp³-hybridized carbons (Fsp3) is 0.600. The molecule has 1 rings (SSSR count). The predicted molar refractivity (Wildman–Crippen MR) is 108 cm³/mol. The van der Waals surface area contributed by atoms with Crippen LogP contribution in [0, 0.1) is 0 Å². The monoisotopic (exact) mass is 362 g/mol. The molecule has 146 valence electrons. The summed E-state index contributed by atoms with van der Waals surface area (Å²) in [4.78, 5) is 18.5. The summed E-state index contributed by atoms with van der Waals surface area (Å²) in [7, 11) is 2.00. The number of nitrogens with zero attached hydrogens (tertiary/aromatic N) is 2. The van der Waals surface area contributed by atoms with Crippen molar-refractivity contribution in [3.8, 4) is 5.75 Å². The van der Waals surface area contributed by atoms with Gasteiger partial charge >= 0.3 is 0 Å². The van der Waals surface area contributed by atoms with Crippen molar-refractivity contribution in [2.24, 2.45) is 4.99 Å². The Morgan fingerprint density at radius 3 is 2.50 bits per heavy atom. The summed E-state index contributed by atoms with van der Waals surface area (Å²) in [5.74, 6) is 1.73. The number of carbonyl (C=O) groups is 1. The molecular formula is C20H34N4O2. The summed E-state index contributed by atoms with van der Waals surface area (Å²) in [6.07, 6.45) is 1.33. The van der Waals surface area contributed by atoms with Crippen LogP contribution < -0.4 is 15.4 Å². The highest BCUT2D eigenvalue weighted by Gasteiger charge is 2.08. The molecule has 0 bridgehead atoms. The first kappa shape index (κ1) is 21.8. The first-order valence-electron chi connectivity index (χ1n) is 9.50. The molecule has 1 aromatic rings. The summed E-state index contributed by atoms with van der Waals surface area (Å²) < 4.78 is 5.48. The van der Waals surface area contributed by atoms with E-state index in [9.17, 15) is 4.79 Å². The van der Waals surface area contributed by atoms with Crippen LogP contribution in [0.4, 0.5) is 0 Å². The Morgan fingerprint density at radius 2 is 1.92 bits per heavy atom. The molecule has 0 aromatic heterocycles. The molecule has 6 nitrogen and oxygen atoms in total. The summed E-state index contributed by atoms with van der Waals surface area (Å²) in [6.45, 7) is 10.7. The fourth-order valence-electron chi connectivity index (χ4n) is 2.39. The number of hydrogen-bond donors (Lipinski definition) is 2. The zero-order valence-electron chi connectivity index (χ0n) is 16.8. The molecule has 0 radical (unpaired) electrons. The molecule has 0 spiro atoms. The van der Waals surface area contributed by atoms with E-state index in [1.165, 1.54) is 5.56 Å². The number of benzene rings is 1. The van der Waals surface area contributed by atoms with Crippen LogP contribution >= 0.6 is 0 Å². The predicted octanol–water partition coefficient (Wildman–Crippen LogP) is 2.79. The van der Waals surface area contributed by atoms with E-state index in [0.717, 1.165) is 31.2 Å². The van der Waals surface area contributed by atoms with E-state index in [2.05, 4.69) is 39.6 Å². The molecular weight excluding hydrogens is 328 g/mol. The summed E-state index contributed by atoms with van der Waals surface area (Å²) >= 11 is 0. The highest BCUT2D eigenvalue weighted by Crippen LogP contribution is 2.13. The number of ether oxygens (including phenoxy) is 1. The van der Waals surface area contributed by atoms with E-state index >= 15 is 0 Å². The van der Waals surface area contributed by atoms with Gasteiger partial charge in [0.25, 0.3) is 0 Å². The first-order chi connectivity index (χ1) is 12.5. The van der Waals surface area contributed by atoms with Crippen LogP contribution in [0.5, 0.6) is 5.75 Å². The highest BCUT2D eigenvalue weighted by atomic mass is 16.5. The van der Waals surface area contributed by atoms with Gasteiger partial charge in [-0.25, -0.2) is 0 Å². The van der Waals surface area contributed by atoms with Crippen molar-refractivity contribution in [1.29, 1.82) is 0 Å². The van der Waals surface area contributed by atoms with E-state index in [0.29, 0.717) is 19.6 Å². The molecule has 0 saturated carbocycles. The molecule has 0 fully saturated rings. The van der Waals surface area contributed by atoms with Crippen LogP contribution in [-0.2, 0) is 11.3 Å². The largest absolute Gasteiger partial charge is 0.494 e. The third kappa shape index (κ3) is 8.23. The Balaban J connectivity index is 2.59. The second-order valence-electron chi connectivity index (χ2n) is 6.30. The van der Waals surface area contributed by atoms with Gasteiger partial charge in [0.05, 0.1) is 13.2 Å². The molecule has 1 aromatic carbocycles. The van der Waals surface area contributed by atoms with Crippen molar-refractivity contribution >= 4 is 11.9 Å². The number of guanidine groups is 1. The minimum absolute atomic E-state index is 0.0492. The van der Waals surface area contributed by atoms with Crippen LogP contribution in [0.25, 0.3) is 0 Å². The lowest BCUT2D eigenvalue weighted by Crippen LogP contribution is -2.39. The molecule has 26 heavy (non-hydrogen) atoms. The maximum atomic E-state index is 11.9. The summed E-state index contributed by atoms with van der Waals surface area (Å²) in [5, 5.41) is 6.25. The molecule has 0 heterocycles. The molecule has 6 heteroatoms. The van der Waals surface area contributed by atoms with Crippen LogP contribution in [0.15, 0.2) is 29.3 Å². The van der Waals surface area contributed by atoms with Gasteiger partial charge in [-0.15, -0.1) is 0 Å². The third-order valence-corrected chi connectivity index (χ3v) is 3.97. The van der Waals surface area contributed by atoms with Crippen molar-refractivity contribution in [2.75, 3.05) is 26.7 Å². The second kappa shape index (κ2) is 12.2. The molecule has 1 atom stereocenters. The molecule has 1 amide bonds. The maximum absolute atomic E-state index is 11.9. The van der Waals surface area contributed by atoms with Crippen molar-refractivity contribution in [3.05, 3.63) is 29.8 Å². The fourth-order valence-corrected chi connectivity index (χ4v) is 2.39. The van der Waals surface area contributed by atoms with Gasteiger partial charge in [-0.05, 0) is 44.9 Å². The molecule has 1 unspecified atom stereocenters. The average Bonchev–Trinajstić information content (AvgIpc) is 2.62. The topological polar surface area (TPSA) is 66.0 Å². The smallest absolute Gasteiger partial charge is 0.222 e. The normalized spacial score (nSPS) is 12.4. The van der Waals surface area contributed by atoms with Crippen LogP contribution in [0.3, 0.4) is 0 Å². The van der Waals surface area contributed by atoms with Gasteiger partial charge < -0.3 is 20.3 Å². The van der Waals surface area contributed by atoms with Gasteiger partial charge in [0.1, 0.15) is 5.75 Å². The van der Waals surface area contributed by atoms with Gasteiger partial charge in [-0.1, -0.05) is 19.1 Å². The minimum atomic E-state index is 0.0492. The highest BCUT2D eigenvalue weighted by molar-refractivity contribution is 5.80. The lowest BCUT2D eigenvalue weighted by molar-refractivity contribution is -0.121. The van der Waals surface area contributed by atoms with Crippen LogP contribution in [-0.4, -0.2) is 49.6 Å². The van der Waals surface area contributed by atoms with E-state index in [1.54, 1.807) is 0 Å². The zero-order valence-corrected chi connectivity index (χ0v) is 16.8. The van der Waals surface area contributed by atoms with E-state index in [1.807, 2.05) is 40.0 Å². The van der Waals surface area contributed by atoms with Gasteiger partial charge in [0.15, 0.2) is 5.96 Å². The Kier molecular flexibility index (Phi) is 10.2. The number of hydrogen-bond acceptors (Lipinski definition) is 3. The SMILES string of the molecule is CCNC(=NCCC(=O)NC(C)CC)N(C)Cc1ccc(OCC)cc1. The van der Waals surface area contributed by atoms with Gasteiger partial charge in [-0.3, -0.25) is 9.79 Å². The van der Waals surface area contributed by atoms with Crippen molar-refractivity contribution < 1.29 is 9.53 Å². The van der Waals surface area contributed by atoms with E-state index in [4.69, 9.17) is 4.74 Å². The van der Waals surface area contributed by atoms with E-state index < -0.39 is 0 Å². The zero-order chi connectivity index (χ0) is 19.4. The molecule has 0 aliphatic carbocycles. The number of aliphatic imine (C=N–C) groups is 1. The lowest BCUT2D eigenvalue weighted by atomic mass is 10.2. The van der Waals surface area contributed by atoms with Crippen LogP contribution in [0.1, 0.15) is 46.1 Å². The number of carbonyl (C=O) groups excluding carboxylic acids is 1. The number of nitrogens with one attached hydrogen (secondary N) is 2. The quantitative estimate of drug-likeness (QED) is 0.496. The molecule has 0 saturated heterocycles. The van der Waals surface area contributed by atoms with E-state index in [-0.39, 0.29) is 11.9 Å². The maximum Gasteiger partial charge on any atom is 0.222 e. The number of amides is 1. The summed E-state index contributed by atoms with van der Waals surface area (Å²) in [5.41, 5.74) is 1.18. The first-order valence-corrected chi connectivity index (χ1v) is 9.50.